The standard InChI is InChI=1S/C21H23N3O4S3/c1-15(30-21-23-19-8-3-2-5-16(19)14-29-21)20(25)22-17-6-4-7-18(13-17)31(26,27)24-9-11-28-12-10-24/h2-8,13,15H,9-12,14H2,1H3,(H,22,25). The van der Waals surface area contributed by atoms with Crippen LogP contribution in [0.4, 0.5) is 11.4 Å². The van der Waals surface area contributed by atoms with Crippen molar-refractivity contribution in [1.29, 1.82) is 0 Å². The molecule has 2 aliphatic heterocycles. The van der Waals surface area contributed by atoms with Crippen molar-refractivity contribution < 1.29 is 17.9 Å². The van der Waals surface area contributed by atoms with Gasteiger partial charge in [0.25, 0.3) is 0 Å². The van der Waals surface area contributed by atoms with Crippen molar-refractivity contribution in [2.45, 2.75) is 22.8 Å². The second kappa shape index (κ2) is 9.74. The van der Waals surface area contributed by atoms with E-state index in [-0.39, 0.29) is 16.1 Å². The first kappa shape index (κ1) is 22.3. The Hall–Kier alpha value is -1.85. The molecule has 2 aromatic rings. The predicted octanol–water partition coefficient (Wildman–Crippen LogP) is 3.70. The molecule has 1 fully saturated rings. The fourth-order valence-corrected chi connectivity index (χ4v) is 6.83. The van der Waals surface area contributed by atoms with Gasteiger partial charge in [0.2, 0.25) is 15.9 Å². The van der Waals surface area contributed by atoms with E-state index in [1.165, 1.54) is 27.7 Å². The van der Waals surface area contributed by atoms with Crippen LogP contribution in [0.3, 0.4) is 0 Å². The number of rotatable bonds is 5. The Morgan fingerprint density at radius 2 is 1.97 bits per heavy atom. The highest BCUT2D eigenvalue weighted by molar-refractivity contribution is 8.39. The van der Waals surface area contributed by atoms with Crippen LogP contribution in [-0.2, 0) is 25.3 Å². The van der Waals surface area contributed by atoms with E-state index in [9.17, 15) is 13.2 Å². The molecule has 1 N–H and O–H groups in total. The van der Waals surface area contributed by atoms with Crippen LogP contribution in [0.15, 0.2) is 58.4 Å². The summed E-state index contributed by atoms with van der Waals surface area (Å²) in [4.78, 5) is 17.5. The third-order valence-corrected chi connectivity index (χ3v) is 9.10. The maximum atomic E-state index is 12.9. The SMILES string of the molecule is CC(SC1=Nc2ccccc2CS1)C(=O)Nc1cccc(S(=O)(=O)N2CCOCC2)c1. The number of para-hydroxylation sites is 1. The summed E-state index contributed by atoms with van der Waals surface area (Å²) in [5.41, 5.74) is 2.58. The van der Waals surface area contributed by atoms with Crippen molar-refractivity contribution in [2.75, 3.05) is 31.6 Å². The number of nitrogens with zero attached hydrogens (tertiary/aromatic N) is 2. The van der Waals surface area contributed by atoms with Gasteiger partial charge in [-0.1, -0.05) is 47.8 Å². The zero-order valence-electron chi connectivity index (χ0n) is 17.0. The predicted molar refractivity (Wildman–Crippen MR) is 127 cm³/mol. The monoisotopic (exact) mass is 477 g/mol. The van der Waals surface area contributed by atoms with Crippen LogP contribution in [0.5, 0.6) is 0 Å². The first-order chi connectivity index (χ1) is 14.9. The average Bonchev–Trinajstić information content (AvgIpc) is 2.79. The van der Waals surface area contributed by atoms with Crippen LogP contribution in [0.1, 0.15) is 12.5 Å². The van der Waals surface area contributed by atoms with E-state index < -0.39 is 10.0 Å². The Labute approximate surface area is 190 Å². The van der Waals surface area contributed by atoms with Crippen molar-refractivity contribution in [3.63, 3.8) is 0 Å². The Morgan fingerprint density at radius 1 is 1.19 bits per heavy atom. The number of fused-ring (bicyclic) bond motifs is 1. The third-order valence-electron chi connectivity index (χ3n) is 4.91. The molecule has 2 aromatic carbocycles. The Bertz CT molecular complexity index is 1100. The van der Waals surface area contributed by atoms with Gasteiger partial charge in [-0.25, -0.2) is 13.4 Å². The van der Waals surface area contributed by atoms with Gasteiger partial charge >= 0.3 is 0 Å². The van der Waals surface area contributed by atoms with Crippen LogP contribution < -0.4 is 5.32 Å². The minimum atomic E-state index is -3.62. The van der Waals surface area contributed by atoms with E-state index in [4.69, 9.17) is 4.74 Å². The van der Waals surface area contributed by atoms with Gasteiger partial charge in [0.1, 0.15) is 4.38 Å². The first-order valence-electron chi connectivity index (χ1n) is 9.88. The van der Waals surface area contributed by atoms with Gasteiger partial charge in [-0.15, -0.1) is 0 Å². The number of sulfonamides is 1. The molecule has 0 spiro atoms. The van der Waals surface area contributed by atoms with Crippen LogP contribution in [0.25, 0.3) is 0 Å². The number of carbonyl (C=O) groups excluding carboxylic acids is 1. The molecule has 1 amide bonds. The van der Waals surface area contributed by atoms with Crippen LogP contribution >= 0.6 is 23.5 Å². The smallest absolute Gasteiger partial charge is 0.243 e. The summed E-state index contributed by atoms with van der Waals surface area (Å²) in [7, 11) is -3.62. The van der Waals surface area contributed by atoms with Gasteiger partial charge in [0, 0.05) is 24.5 Å². The highest BCUT2D eigenvalue weighted by atomic mass is 32.2. The molecule has 164 valence electrons. The number of carbonyl (C=O) groups is 1. The number of amides is 1. The number of thioether (sulfide) groups is 2. The Balaban J connectivity index is 1.42. The molecule has 0 saturated carbocycles. The van der Waals surface area contributed by atoms with Gasteiger partial charge < -0.3 is 10.1 Å². The lowest BCUT2D eigenvalue weighted by Crippen LogP contribution is -2.40. The molecule has 0 aromatic heterocycles. The number of anilines is 1. The Morgan fingerprint density at radius 3 is 2.77 bits per heavy atom. The second-order valence-electron chi connectivity index (χ2n) is 7.09. The van der Waals surface area contributed by atoms with E-state index in [0.29, 0.717) is 32.0 Å². The zero-order chi connectivity index (χ0) is 21.8. The number of benzene rings is 2. The summed E-state index contributed by atoms with van der Waals surface area (Å²) in [5.74, 6) is 0.630. The van der Waals surface area contributed by atoms with Crippen molar-refractivity contribution in [3.05, 3.63) is 54.1 Å². The molecule has 1 unspecified atom stereocenters. The molecule has 2 aliphatic rings. The third kappa shape index (κ3) is 5.32. The molecule has 31 heavy (non-hydrogen) atoms. The molecule has 0 bridgehead atoms. The summed E-state index contributed by atoms with van der Waals surface area (Å²) in [6, 6.07) is 14.4. The van der Waals surface area contributed by atoms with Gasteiger partial charge in [-0.05, 0) is 36.8 Å². The second-order valence-corrected chi connectivity index (χ2v) is 11.6. The fraction of sp³-hybridized carbons (Fsp3) is 0.333. The molecule has 1 saturated heterocycles. The minimum Gasteiger partial charge on any atom is -0.379 e. The highest BCUT2D eigenvalue weighted by Gasteiger charge is 2.27. The summed E-state index contributed by atoms with van der Waals surface area (Å²) in [6.45, 7) is 3.25. The van der Waals surface area contributed by atoms with E-state index in [1.54, 1.807) is 30.0 Å². The van der Waals surface area contributed by atoms with Crippen molar-refractivity contribution >= 4 is 55.2 Å². The molecular formula is C21H23N3O4S3. The van der Waals surface area contributed by atoms with Crippen molar-refractivity contribution in [3.8, 4) is 0 Å². The number of ether oxygens (including phenoxy) is 1. The fourth-order valence-electron chi connectivity index (χ4n) is 3.19. The highest BCUT2D eigenvalue weighted by Crippen LogP contribution is 2.36. The largest absolute Gasteiger partial charge is 0.379 e. The van der Waals surface area contributed by atoms with Gasteiger partial charge in [-0.3, -0.25) is 4.79 Å². The minimum absolute atomic E-state index is 0.163. The molecule has 1 atom stereocenters. The van der Waals surface area contributed by atoms with E-state index in [1.807, 2.05) is 25.1 Å². The molecule has 0 radical (unpaired) electrons. The lowest BCUT2D eigenvalue weighted by atomic mass is 10.2. The van der Waals surface area contributed by atoms with Crippen LogP contribution in [0, 0.1) is 0 Å². The van der Waals surface area contributed by atoms with Crippen molar-refractivity contribution in [2.24, 2.45) is 4.99 Å². The van der Waals surface area contributed by atoms with Gasteiger partial charge in [-0.2, -0.15) is 4.31 Å². The van der Waals surface area contributed by atoms with Gasteiger partial charge in [0.05, 0.1) is 29.0 Å². The quantitative estimate of drug-likeness (QED) is 0.707. The summed E-state index contributed by atoms with van der Waals surface area (Å²) < 4.78 is 33.2. The summed E-state index contributed by atoms with van der Waals surface area (Å²) >= 11 is 3.02. The van der Waals surface area contributed by atoms with E-state index >= 15 is 0 Å². The lowest BCUT2D eigenvalue weighted by molar-refractivity contribution is -0.115. The molecule has 0 aliphatic carbocycles. The topological polar surface area (TPSA) is 88.1 Å². The molecule has 2 heterocycles. The van der Waals surface area contributed by atoms with Crippen LogP contribution in [0.2, 0.25) is 0 Å². The lowest BCUT2D eigenvalue weighted by Gasteiger charge is -2.26. The van der Waals surface area contributed by atoms with Gasteiger partial charge in [0.15, 0.2) is 0 Å². The number of hydrogen-bond acceptors (Lipinski definition) is 7. The van der Waals surface area contributed by atoms with E-state index in [0.717, 1.165) is 15.8 Å². The molecule has 4 rings (SSSR count). The van der Waals surface area contributed by atoms with E-state index in [2.05, 4.69) is 16.4 Å². The molecule has 10 heteroatoms. The zero-order valence-corrected chi connectivity index (χ0v) is 19.4. The number of morpholine rings is 1. The van der Waals surface area contributed by atoms with Crippen LogP contribution in [-0.4, -0.2) is 54.6 Å². The summed E-state index contributed by atoms with van der Waals surface area (Å²) in [5, 5.41) is 2.46. The number of aliphatic imine (C=N–C) groups is 1. The Kier molecular flexibility index (Phi) is 7.02. The first-order valence-corrected chi connectivity index (χ1v) is 13.2. The molecule has 7 nitrogen and oxygen atoms in total. The summed E-state index contributed by atoms with van der Waals surface area (Å²) in [6.07, 6.45) is 0. The normalized spacial score (nSPS) is 18.0. The number of nitrogens with one attached hydrogen (secondary N) is 1. The maximum Gasteiger partial charge on any atom is 0.243 e. The number of hydrogen-bond donors (Lipinski definition) is 1. The molecular weight excluding hydrogens is 454 g/mol. The van der Waals surface area contributed by atoms with Crippen molar-refractivity contribution in [1.82, 2.24) is 4.31 Å². The maximum absolute atomic E-state index is 12.9. The average molecular weight is 478 g/mol.